The third kappa shape index (κ3) is 4.03. The molecule has 0 bridgehead atoms. The van der Waals surface area contributed by atoms with Crippen LogP contribution in [0.3, 0.4) is 0 Å². The van der Waals surface area contributed by atoms with Gasteiger partial charge < -0.3 is 4.98 Å². The smallest absolute Gasteiger partial charge is 0.0728 e. The van der Waals surface area contributed by atoms with E-state index in [4.69, 9.17) is 23.8 Å². The van der Waals surface area contributed by atoms with Gasteiger partial charge in [-0.15, -0.1) is 0 Å². The Morgan fingerprint density at radius 3 is 2.42 bits per heavy atom. The second kappa shape index (κ2) is 7.74. The largest absolute Gasteiger partial charge is 0.361 e. The third-order valence-electron chi connectivity index (χ3n) is 3.37. The Morgan fingerprint density at radius 2 is 1.62 bits per heavy atom. The molecule has 0 saturated carbocycles. The van der Waals surface area contributed by atoms with Crippen molar-refractivity contribution in [3.05, 3.63) is 79.4 Å². The summed E-state index contributed by atoms with van der Waals surface area (Å²) in [6.07, 6.45) is 3.56. The van der Waals surface area contributed by atoms with Gasteiger partial charge in [-0.05, 0) is 36.4 Å². The van der Waals surface area contributed by atoms with Gasteiger partial charge >= 0.3 is 0 Å². The maximum atomic E-state index is 5.95. The van der Waals surface area contributed by atoms with Crippen molar-refractivity contribution in [3.8, 4) is 0 Å². The number of nitrogens with one attached hydrogen (secondary N) is 1. The van der Waals surface area contributed by atoms with Gasteiger partial charge in [-0.1, -0.05) is 67.8 Å². The van der Waals surface area contributed by atoms with Gasteiger partial charge in [0.1, 0.15) is 0 Å². The van der Waals surface area contributed by atoms with E-state index < -0.39 is 0 Å². The number of hydrogen-bond donors (Lipinski definition) is 1. The second-order valence-corrected chi connectivity index (χ2v) is 7.66. The van der Waals surface area contributed by atoms with Gasteiger partial charge in [-0.25, -0.2) is 0 Å². The van der Waals surface area contributed by atoms with Crippen LogP contribution in [-0.2, 0) is 0 Å². The molecule has 120 valence electrons. The Balaban J connectivity index is 0.000000141. The van der Waals surface area contributed by atoms with Crippen LogP contribution in [0.15, 0.2) is 69.9 Å². The average molecular weight is 483 g/mol. The first kappa shape index (κ1) is 17.5. The molecule has 0 aliphatic rings. The average Bonchev–Trinajstić information content (AvgIpc) is 2.55. The monoisotopic (exact) mass is 480 g/mol. The molecule has 2 aromatic carbocycles. The lowest BCUT2D eigenvalue weighted by Gasteiger charge is -1.98. The second-order valence-electron chi connectivity index (χ2n) is 4.99. The first-order chi connectivity index (χ1) is 11.5. The van der Waals surface area contributed by atoms with Gasteiger partial charge in [0.15, 0.2) is 0 Å². The summed E-state index contributed by atoms with van der Waals surface area (Å²) in [5.74, 6) is 0. The molecule has 4 rings (SSSR count). The van der Waals surface area contributed by atoms with Crippen molar-refractivity contribution >= 4 is 77.5 Å². The van der Waals surface area contributed by atoms with Crippen LogP contribution in [0, 0.1) is 4.51 Å². The molecule has 0 atom stereocenters. The maximum absolute atomic E-state index is 5.95. The number of aromatic nitrogens is 2. The lowest BCUT2D eigenvalue weighted by atomic mass is 10.2. The SMILES string of the molecule is Clc1ccnc2cc(Br)ccc12.S=c1cc[nH]c2cc(Br)ccc12. The standard InChI is InChI=1S/C9H5BrClN.C9H6BrNS/c10-6-1-2-7-8(11)3-4-12-9(7)5-6;10-6-1-2-7-8(5-6)11-4-3-9(7)12/h1-5H;1-5H,(H,11,12). The summed E-state index contributed by atoms with van der Waals surface area (Å²) in [5, 5.41) is 2.82. The molecular weight excluding hydrogens is 472 g/mol. The molecule has 0 saturated heterocycles. The van der Waals surface area contributed by atoms with Crippen LogP contribution in [0.1, 0.15) is 0 Å². The molecule has 24 heavy (non-hydrogen) atoms. The summed E-state index contributed by atoms with van der Waals surface area (Å²) in [6, 6.07) is 15.6. The molecule has 0 amide bonds. The third-order valence-corrected chi connectivity index (χ3v) is 5.04. The number of nitrogens with zero attached hydrogens (tertiary/aromatic N) is 1. The van der Waals surface area contributed by atoms with E-state index in [-0.39, 0.29) is 0 Å². The Bertz CT molecular complexity index is 1080. The van der Waals surface area contributed by atoms with Gasteiger partial charge in [-0.2, -0.15) is 0 Å². The number of pyridine rings is 2. The first-order valence-corrected chi connectivity index (χ1v) is 9.38. The summed E-state index contributed by atoms with van der Waals surface area (Å²) in [7, 11) is 0. The summed E-state index contributed by atoms with van der Waals surface area (Å²) in [6.45, 7) is 0. The van der Waals surface area contributed by atoms with Crippen molar-refractivity contribution in [3.63, 3.8) is 0 Å². The molecule has 6 heteroatoms. The topological polar surface area (TPSA) is 28.7 Å². The Morgan fingerprint density at radius 1 is 0.917 bits per heavy atom. The highest BCUT2D eigenvalue weighted by Gasteiger charge is 1.98. The fourth-order valence-corrected chi connectivity index (χ4v) is 3.41. The van der Waals surface area contributed by atoms with Crippen LogP contribution in [0.4, 0.5) is 0 Å². The van der Waals surface area contributed by atoms with E-state index in [1.54, 1.807) is 12.3 Å². The quantitative estimate of drug-likeness (QED) is 0.266. The Labute approximate surface area is 166 Å². The van der Waals surface area contributed by atoms with Gasteiger partial charge in [0.2, 0.25) is 0 Å². The van der Waals surface area contributed by atoms with Crippen molar-refractivity contribution in [1.29, 1.82) is 0 Å². The van der Waals surface area contributed by atoms with Gasteiger partial charge in [0.25, 0.3) is 0 Å². The molecule has 2 heterocycles. The minimum absolute atomic E-state index is 0.743. The predicted octanol–water partition coefficient (Wildman–Crippen LogP) is 7.31. The van der Waals surface area contributed by atoms with Crippen molar-refractivity contribution < 1.29 is 0 Å². The van der Waals surface area contributed by atoms with E-state index in [1.807, 2.05) is 48.7 Å². The van der Waals surface area contributed by atoms with Gasteiger partial charge in [0, 0.05) is 42.1 Å². The molecule has 1 N–H and O–H groups in total. The fourth-order valence-electron chi connectivity index (χ4n) is 2.23. The zero-order valence-corrected chi connectivity index (χ0v) is 17.0. The van der Waals surface area contributed by atoms with Crippen molar-refractivity contribution in [2.24, 2.45) is 0 Å². The minimum atomic E-state index is 0.743. The van der Waals surface area contributed by atoms with Crippen LogP contribution < -0.4 is 0 Å². The molecular formula is C18H11Br2ClN2S. The summed E-state index contributed by atoms with van der Waals surface area (Å²) in [4.78, 5) is 7.32. The van der Waals surface area contributed by atoms with Crippen molar-refractivity contribution in [1.82, 2.24) is 9.97 Å². The highest BCUT2D eigenvalue weighted by Crippen LogP contribution is 2.24. The normalized spacial score (nSPS) is 10.5. The zero-order chi connectivity index (χ0) is 17.1. The molecule has 0 fully saturated rings. The van der Waals surface area contributed by atoms with Crippen LogP contribution in [0.2, 0.25) is 5.02 Å². The molecule has 0 radical (unpaired) electrons. The Kier molecular flexibility index (Phi) is 5.66. The molecule has 0 unspecified atom stereocenters. The number of aromatic amines is 1. The molecule has 0 spiro atoms. The summed E-state index contributed by atoms with van der Waals surface area (Å²) in [5.41, 5.74) is 1.98. The molecule has 4 aromatic rings. The lowest BCUT2D eigenvalue weighted by Crippen LogP contribution is -1.78. The number of H-pyrrole nitrogens is 1. The number of fused-ring (bicyclic) bond motifs is 2. The summed E-state index contributed by atoms with van der Waals surface area (Å²) < 4.78 is 2.97. The van der Waals surface area contributed by atoms with E-state index in [0.29, 0.717) is 0 Å². The van der Waals surface area contributed by atoms with E-state index in [9.17, 15) is 0 Å². The van der Waals surface area contributed by atoms with Crippen LogP contribution in [0.5, 0.6) is 0 Å². The van der Waals surface area contributed by atoms with E-state index in [0.717, 1.165) is 40.3 Å². The minimum Gasteiger partial charge on any atom is -0.361 e. The number of benzene rings is 2. The number of rotatable bonds is 0. The molecule has 2 aromatic heterocycles. The highest BCUT2D eigenvalue weighted by atomic mass is 79.9. The Hall–Kier alpha value is -1.27. The van der Waals surface area contributed by atoms with Crippen LogP contribution >= 0.6 is 55.7 Å². The van der Waals surface area contributed by atoms with Gasteiger partial charge in [0.05, 0.1) is 10.5 Å². The van der Waals surface area contributed by atoms with Crippen molar-refractivity contribution in [2.75, 3.05) is 0 Å². The van der Waals surface area contributed by atoms with E-state index >= 15 is 0 Å². The number of halogens is 3. The highest BCUT2D eigenvalue weighted by molar-refractivity contribution is 9.10. The fraction of sp³-hybridized carbons (Fsp3) is 0. The van der Waals surface area contributed by atoms with Crippen LogP contribution in [0.25, 0.3) is 21.8 Å². The molecule has 0 aliphatic carbocycles. The lowest BCUT2D eigenvalue weighted by molar-refractivity contribution is 1.40. The summed E-state index contributed by atoms with van der Waals surface area (Å²) >= 11 is 17.9. The van der Waals surface area contributed by atoms with E-state index in [2.05, 4.69) is 41.8 Å². The molecule has 2 nitrogen and oxygen atoms in total. The van der Waals surface area contributed by atoms with E-state index in [1.165, 1.54) is 0 Å². The maximum Gasteiger partial charge on any atom is 0.0728 e. The number of hydrogen-bond acceptors (Lipinski definition) is 2. The van der Waals surface area contributed by atoms with Gasteiger partial charge in [-0.3, -0.25) is 4.98 Å². The van der Waals surface area contributed by atoms with Crippen LogP contribution in [-0.4, -0.2) is 9.97 Å². The van der Waals surface area contributed by atoms with Crippen molar-refractivity contribution in [2.45, 2.75) is 0 Å². The predicted molar refractivity (Wildman–Crippen MR) is 111 cm³/mol. The molecule has 0 aliphatic heterocycles. The zero-order valence-electron chi connectivity index (χ0n) is 12.3. The first-order valence-electron chi connectivity index (χ1n) is 7.01.